The summed E-state index contributed by atoms with van der Waals surface area (Å²) in [4.78, 5) is 11.6. The summed E-state index contributed by atoms with van der Waals surface area (Å²) in [5.41, 5.74) is 6.81. The highest BCUT2D eigenvalue weighted by Crippen LogP contribution is 2.02. The standard InChI is InChI=1S/C14H21NO3/c1-2-8-17-9-10-18-14(16)13(15)11-12-6-4-3-5-7-12/h3-7,13H,2,8-11,15H2,1H3/t13-/m0/s1. The van der Waals surface area contributed by atoms with Crippen molar-refractivity contribution >= 4 is 5.97 Å². The van der Waals surface area contributed by atoms with Gasteiger partial charge in [-0.25, -0.2) is 0 Å². The fourth-order valence-electron chi connectivity index (χ4n) is 1.51. The van der Waals surface area contributed by atoms with Gasteiger partial charge in [-0.3, -0.25) is 4.79 Å². The van der Waals surface area contributed by atoms with Crippen LogP contribution in [0.1, 0.15) is 18.9 Å². The number of ether oxygens (including phenoxy) is 2. The minimum Gasteiger partial charge on any atom is -0.462 e. The molecule has 0 bridgehead atoms. The van der Waals surface area contributed by atoms with Crippen molar-refractivity contribution in [2.45, 2.75) is 25.8 Å². The molecule has 0 fully saturated rings. The Bertz CT molecular complexity index is 340. The first kappa shape index (κ1) is 14.7. The molecule has 100 valence electrons. The summed E-state index contributed by atoms with van der Waals surface area (Å²) in [5.74, 6) is -0.376. The van der Waals surface area contributed by atoms with Crippen LogP contribution in [0.4, 0.5) is 0 Å². The molecule has 0 aliphatic carbocycles. The molecule has 0 radical (unpaired) electrons. The van der Waals surface area contributed by atoms with Gasteiger partial charge in [0.1, 0.15) is 12.6 Å². The topological polar surface area (TPSA) is 61.5 Å². The zero-order valence-electron chi connectivity index (χ0n) is 10.8. The molecular formula is C14H21NO3. The van der Waals surface area contributed by atoms with E-state index in [2.05, 4.69) is 0 Å². The van der Waals surface area contributed by atoms with Crippen LogP contribution in [-0.2, 0) is 20.7 Å². The minimum atomic E-state index is -0.612. The fraction of sp³-hybridized carbons (Fsp3) is 0.500. The molecule has 0 heterocycles. The van der Waals surface area contributed by atoms with E-state index in [-0.39, 0.29) is 12.6 Å². The lowest BCUT2D eigenvalue weighted by Crippen LogP contribution is -2.35. The summed E-state index contributed by atoms with van der Waals surface area (Å²) in [7, 11) is 0. The van der Waals surface area contributed by atoms with Crippen molar-refractivity contribution in [3.63, 3.8) is 0 Å². The summed E-state index contributed by atoms with van der Waals surface area (Å²) in [6, 6.07) is 9.05. The van der Waals surface area contributed by atoms with Gasteiger partial charge < -0.3 is 15.2 Å². The average molecular weight is 251 g/mol. The lowest BCUT2D eigenvalue weighted by atomic mass is 10.1. The monoisotopic (exact) mass is 251 g/mol. The Morgan fingerprint density at radius 1 is 1.22 bits per heavy atom. The number of carbonyl (C=O) groups is 1. The average Bonchev–Trinajstić information content (AvgIpc) is 2.39. The molecule has 1 aromatic rings. The van der Waals surface area contributed by atoms with Crippen molar-refractivity contribution in [2.24, 2.45) is 5.73 Å². The second-order valence-corrected chi connectivity index (χ2v) is 4.08. The highest BCUT2D eigenvalue weighted by Gasteiger charge is 2.15. The van der Waals surface area contributed by atoms with E-state index in [1.54, 1.807) is 0 Å². The van der Waals surface area contributed by atoms with Crippen LogP contribution in [0.5, 0.6) is 0 Å². The number of nitrogens with two attached hydrogens (primary N) is 1. The first-order chi connectivity index (χ1) is 8.74. The summed E-state index contributed by atoms with van der Waals surface area (Å²) >= 11 is 0. The summed E-state index contributed by atoms with van der Waals surface area (Å²) in [6.45, 7) is 3.41. The SMILES string of the molecule is CCCOCCOC(=O)[C@@H](N)Cc1ccccc1. The van der Waals surface area contributed by atoms with E-state index in [1.165, 1.54) is 0 Å². The molecule has 1 rings (SSSR count). The molecule has 1 aromatic carbocycles. The molecule has 2 N–H and O–H groups in total. The molecule has 18 heavy (non-hydrogen) atoms. The van der Waals surface area contributed by atoms with E-state index < -0.39 is 6.04 Å². The molecule has 0 amide bonds. The Morgan fingerprint density at radius 3 is 2.61 bits per heavy atom. The van der Waals surface area contributed by atoms with Gasteiger partial charge in [0.25, 0.3) is 0 Å². The van der Waals surface area contributed by atoms with E-state index in [4.69, 9.17) is 15.2 Å². The van der Waals surface area contributed by atoms with Crippen molar-refractivity contribution in [1.29, 1.82) is 0 Å². The van der Waals surface area contributed by atoms with Gasteiger partial charge in [0.05, 0.1) is 6.61 Å². The third kappa shape index (κ3) is 5.80. The number of rotatable bonds is 8. The van der Waals surface area contributed by atoms with Crippen LogP contribution in [0, 0.1) is 0 Å². The predicted molar refractivity (Wildman–Crippen MR) is 70.2 cm³/mol. The van der Waals surface area contributed by atoms with Crippen molar-refractivity contribution in [3.05, 3.63) is 35.9 Å². The lowest BCUT2D eigenvalue weighted by molar-refractivity contribution is -0.146. The fourth-order valence-corrected chi connectivity index (χ4v) is 1.51. The van der Waals surface area contributed by atoms with Gasteiger partial charge in [0.15, 0.2) is 0 Å². The number of hydrogen-bond donors (Lipinski definition) is 1. The molecular weight excluding hydrogens is 230 g/mol. The Balaban J connectivity index is 2.21. The third-order valence-electron chi connectivity index (χ3n) is 2.42. The molecule has 1 atom stereocenters. The number of hydrogen-bond acceptors (Lipinski definition) is 4. The molecule has 4 heteroatoms. The zero-order chi connectivity index (χ0) is 13.2. The van der Waals surface area contributed by atoms with E-state index in [0.717, 1.165) is 12.0 Å². The lowest BCUT2D eigenvalue weighted by Gasteiger charge is -2.11. The Hall–Kier alpha value is -1.39. The highest BCUT2D eigenvalue weighted by molar-refractivity contribution is 5.75. The molecule has 0 aliphatic rings. The summed E-state index contributed by atoms with van der Waals surface area (Å²) in [5, 5.41) is 0. The van der Waals surface area contributed by atoms with Crippen LogP contribution < -0.4 is 5.73 Å². The van der Waals surface area contributed by atoms with Gasteiger partial charge in [0.2, 0.25) is 0 Å². The first-order valence-corrected chi connectivity index (χ1v) is 6.28. The van der Waals surface area contributed by atoms with Crippen LogP contribution in [-0.4, -0.2) is 31.8 Å². The van der Waals surface area contributed by atoms with Crippen LogP contribution in [0.25, 0.3) is 0 Å². The largest absolute Gasteiger partial charge is 0.462 e. The molecule has 0 spiro atoms. The van der Waals surface area contributed by atoms with Gasteiger partial charge in [0, 0.05) is 6.61 Å². The predicted octanol–water partition coefficient (Wildman–Crippen LogP) is 1.53. The van der Waals surface area contributed by atoms with Crippen molar-refractivity contribution in [2.75, 3.05) is 19.8 Å². The van der Waals surface area contributed by atoms with Crippen molar-refractivity contribution in [1.82, 2.24) is 0 Å². The van der Waals surface area contributed by atoms with Gasteiger partial charge in [-0.1, -0.05) is 37.3 Å². The summed E-state index contributed by atoms with van der Waals surface area (Å²) in [6.07, 6.45) is 1.46. The summed E-state index contributed by atoms with van der Waals surface area (Å²) < 4.78 is 10.2. The maximum absolute atomic E-state index is 11.6. The van der Waals surface area contributed by atoms with Crippen molar-refractivity contribution < 1.29 is 14.3 Å². The maximum Gasteiger partial charge on any atom is 0.323 e. The van der Waals surface area contributed by atoms with Crippen LogP contribution in [0.15, 0.2) is 30.3 Å². The van der Waals surface area contributed by atoms with Gasteiger partial charge in [-0.15, -0.1) is 0 Å². The van der Waals surface area contributed by atoms with E-state index in [1.807, 2.05) is 37.3 Å². The highest BCUT2D eigenvalue weighted by atomic mass is 16.6. The van der Waals surface area contributed by atoms with Gasteiger partial charge in [-0.2, -0.15) is 0 Å². The van der Waals surface area contributed by atoms with E-state index in [9.17, 15) is 4.79 Å². The van der Waals surface area contributed by atoms with E-state index in [0.29, 0.717) is 19.6 Å². The Kier molecular flexibility index (Phi) is 7.06. The maximum atomic E-state index is 11.6. The molecule has 4 nitrogen and oxygen atoms in total. The quantitative estimate of drug-likeness (QED) is 0.562. The second kappa shape index (κ2) is 8.66. The smallest absolute Gasteiger partial charge is 0.323 e. The Labute approximate surface area is 108 Å². The van der Waals surface area contributed by atoms with Gasteiger partial charge in [-0.05, 0) is 18.4 Å². The van der Waals surface area contributed by atoms with Crippen LogP contribution in [0.2, 0.25) is 0 Å². The molecule has 0 saturated carbocycles. The second-order valence-electron chi connectivity index (χ2n) is 4.08. The minimum absolute atomic E-state index is 0.265. The van der Waals surface area contributed by atoms with Gasteiger partial charge >= 0.3 is 5.97 Å². The third-order valence-corrected chi connectivity index (χ3v) is 2.42. The van der Waals surface area contributed by atoms with Crippen LogP contribution >= 0.6 is 0 Å². The molecule has 0 saturated heterocycles. The number of benzene rings is 1. The van der Waals surface area contributed by atoms with Crippen LogP contribution in [0.3, 0.4) is 0 Å². The molecule has 0 unspecified atom stereocenters. The zero-order valence-corrected chi connectivity index (χ0v) is 10.8. The molecule has 0 aromatic heterocycles. The number of carbonyl (C=O) groups excluding carboxylic acids is 1. The first-order valence-electron chi connectivity index (χ1n) is 6.28. The normalized spacial score (nSPS) is 12.1. The molecule has 0 aliphatic heterocycles. The Morgan fingerprint density at radius 2 is 1.94 bits per heavy atom. The number of esters is 1. The van der Waals surface area contributed by atoms with Crippen molar-refractivity contribution in [3.8, 4) is 0 Å². The van der Waals surface area contributed by atoms with E-state index >= 15 is 0 Å².